The number of amides is 1. The molecule has 0 radical (unpaired) electrons. The third kappa shape index (κ3) is 3.28. The number of hydrogen-bond donors (Lipinski definition) is 1. The first-order valence-corrected chi connectivity index (χ1v) is 5.85. The van der Waals surface area contributed by atoms with E-state index in [4.69, 9.17) is 0 Å². The third-order valence-corrected chi connectivity index (χ3v) is 3.61. The van der Waals surface area contributed by atoms with E-state index >= 15 is 0 Å². The molecule has 6 heteroatoms. The molecule has 0 aromatic heterocycles. The maximum absolute atomic E-state index is 12.7. The minimum atomic E-state index is -2.61. The van der Waals surface area contributed by atoms with Crippen molar-refractivity contribution >= 4 is 18.3 Å². The van der Waals surface area contributed by atoms with Gasteiger partial charge in [0.1, 0.15) is 0 Å². The smallest absolute Gasteiger partial charge is 0.249 e. The van der Waals surface area contributed by atoms with Gasteiger partial charge in [-0.2, -0.15) is 0 Å². The Morgan fingerprint density at radius 2 is 2.06 bits per heavy atom. The van der Waals surface area contributed by atoms with E-state index in [0.29, 0.717) is 0 Å². The summed E-state index contributed by atoms with van der Waals surface area (Å²) in [4.78, 5) is 13.5. The zero-order valence-electron chi connectivity index (χ0n) is 9.92. The van der Waals surface area contributed by atoms with Gasteiger partial charge in [-0.15, -0.1) is 12.4 Å². The van der Waals surface area contributed by atoms with E-state index in [2.05, 4.69) is 5.32 Å². The van der Waals surface area contributed by atoms with Crippen LogP contribution in [0.15, 0.2) is 0 Å². The molecule has 1 aliphatic carbocycles. The van der Waals surface area contributed by atoms with Gasteiger partial charge in [-0.25, -0.2) is 8.78 Å². The number of carbonyl (C=O) groups excluding carboxylic acids is 1. The lowest BCUT2D eigenvalue weighted by Crippen LogP contribution is -2.52. The quantitative estimate of drug-likeness (QED) is 0.826. The van der Waals surface area contributed by atoms with Crippen molar-refractivity contribution in [3.8, 4) is 0 Å². The molecule has 3 nitrogen and oxygen atoms in total. The second kappa shape index (κ2) is 5.48. The molecule has 1 amide bonds. The van der Waals surface area contributed by atoms with Crippen molar-refractivity contribution in [3.63, 3.8) is 0 Å². The maximum atomic E-state index is 12.7. The van der Waals surface area contributed by atoms with Crippen molar-refractivity contribution in [2.45, 2.75) is 37.6 Å². The topological polar surface area (TPSA) is 32.3 Å². The Morgan fingerprint density at radius 1 is 1.41 bits per heavy atom. The first-order chi connectivity index (χ1) is 7.49. The summed E-state index contributed by atoms with van der Waals surface area (Å²) in [5.74, 6) is -3.17. The lowest BCUT2D eigenvalue weighted by atomic mass is 9.80. The average molecular weight is 269 g/mol. The zero-order chi connectivity index (χ0) is 11.8. The molecule has 0 aromatic carbocycles. The molecule has 1 saturated carbocycles. The highest BCUT2D eigenvalue weighted by atomic mass is 35.5. The molecular formula is C11H19ClF2N2O. The summed E-state index contributed by atoms with van der Waals surface area (Å²) in [6, 6.07) is 0.176. The summed E-state index contributed by atoms with van der Waals surface area (Å²) in [5.41, 5.74) is 0. The number of nitrogens with one attached hydrogen (secondary N) is 1. The summed E-state index contributed by atoms with van der Waals surface area (Å²) in [7, 11) is 1.73. The number of piperidine rings is 1. The van der Waals surface area contributed by atoms with Gasteiger partial charge in [-0.3, -0.25) is 4.79 Å². The second-order valence-electron chi connectivity index (χ2n) is 4.91. The van der Waals surface area contributed by atoms with Gasteiger partial charge in [0, 0.05) is 38.4 Å². The fraction of sp³-hybridized carbons (Fsp3) is 0.909. The molecule has 2 aliphatic rings. The van der Waals surface area contributed by atoms with Crippen LogP contribution in [0.2, 0.25) is 0 Å². The number of alkyl halides is 2. The van der Waals surface area contributed by atoms with Crippen molar-refractivity contribution in [2.75, 3.05) is 20.1 Å². The molecule has 0 aromatic rings. The Balaban J connectivity index is 0.00000144. The molecule has 0 unspecified atom stereocenters. The van der Waals surface area contributed by atoms with Gasteiger partial charge >= 0.3 is 0 Å². The van der Waals surface area contributed by atoms with Crippen LogP contribution in [0, 0.1) is 5.92 Å². The van der Waals surface area contributed by atoms with Crippen molar-refractivity contribution in [2.24, 2.45) is 5.92 Å². The molecule has 17 heavy (non-hydrogen) atoms. The molecule has 1 atom stereocenters. The molecule has 2 rings (SSSR count). The van der Waals surface area contributed by atoms with Gasteiger partial charge < -0.3 is 10.2 Å². The van der Waals surface area contributed by atoms with Crippen LogP contribution in [0.25, 0.3) is 0 Å². The van der Waals surface area contributed by atoms with E-state index in [0.717, 1.165) is 25.9 Å². The second-order valence-corrected chi connectivity index (χ2v) is 4.91. The van der Waals surface area contributed by atoms with Crippen LogP contribution in [0.3, 0.4) is 0 Å². The zero-order valence-corrected chi connectivity index (χ0v) is 10.7. The summed E-state index contributed by atoms with van der Waals surface area (Å²) >= 11 is 0. The van der Waals surface area contributed by atoms with Gasteiger partial charge in [0.05, 0.1) is 0 Å². The molecular weight excluding hydrogens is 250 g/mol. The van der Waals surface area contributed by atoms with Crippen molar-refractivity contribution in [1.82, 2.24) is 10.2 Å². The van der Waals surface area contributed by atoms with Crippen molar-refractivity contribution in [3.05, 3.63) is 0 Å². The Labute approximate surface area is 106 Å². The van der Waals surface area contributed by atoms with Crippen LogP contribution in [0.4, 0.5) is 8.78 Å². The molecule has 2 fully saturated rings. The van der Waals surface area contributed by atoms with Gasteiger partial charge in [0.15, 0.2) is 0 Å². The minimum absolute atomic E-state index is 0. The molecule has 0 spiro atoms. The van der Waals surface area contributed by atoms with E-state index in [9.17, 15) is 13.6 Å². The van der Waals surface area contributed by atoms with E-state index in [1.807, 2.05) is 0 Å². The maximum Gasteiger partial charge on any atom is 0.249 e. The molecule has 1 aliphatic heterocycles. The number of hydrogen-bond acceptors (Lipinski definition) is 2. The van der Waals surface area contributed by atoms with Gasteiger partial charge in [0.25, 0.3) is 0 Å². The lowest BCUT2D eigenvalue weighted by molar-refractivity contribution is -0.160. The Morgan fingerprint density at radius 3 is 2.53 bits per heavy atom. The van der Waals surface area contributed by atoms with Crippen LogP contribution in [0.1, 0.15) is 25.7 Å². The predicted molar refractivity (Wildman–Crippen MR) is 63.6 cm³/mol. The standard InChI is InChI=1S/C11H18F2N2O.ClH/c1-15(9-3-2-4-14-7-9)10(16)8-5-11(12,13)6-8;/h8-9,14H,2-7H2,1H3;1H/t9-;/m1./s1. The van der Waals surface area contributed by atoms with Crippen LogP contribution in [0.5, 0.6) is 0 Å². The highest BCUT2D eigenvalue weighted by molar-refractivity contribution is 5.85. The van der Waals surface area contributed by atoms with E-state index in [-0.39, 0.29) is 37.2 Å². The molecule has 100 valence electrons. The Kier molecular flexibility index (Phi) is 4.72. The Bertz CT molecular complexity index is 275. The van der Waals surface area contributed by atoms with Crippen LogP contribution in [-0.2, 0) is 4.79 Å². The number of nitrogens with zero attached hydrogens (tertiary/aromatic N) is 1. The van der Waals surface area contributed by atoms with Crippen molar-refractivity contribution in [1.29, 1.82) is 0 Å². The fourth-order valence-corrected chi connectivity index (χ4v) is 2.47. The largest absolute Gasteiger partial charge is 0.341 e. The monoisotopic (exact) mass is 268 g/mol. The first kappa shape index (κ1) is 14.6. The van der Waals surface area contributed by atoms with Gasteiger partial charge in [-0.1, -0.05) is 0 Å². The van der Waals surface area contributed by atoms with Gasteiger partial charge in [-0.05, 0) is 19.4 Å². The van der Waals surface area contributed by atoms with E-state index in [1.165, 1.54) is 0 Å². The SMILES string of the molecule is CN(C(=O)C1CC(F)(F)C1)[C@@H]1CCCNC1.Cl. The van der Waals surface area contributed by atoms with Crippen molar-refractivity contribution < 1.29 is 13.6 Å². The summed E-state index contributed by atoms with van der Waals surface area (Å²) in [6.45, 7) is 1.77. The number of likely N-dealkylation sites (N-methyl/N-ethyl adjacent to an activating group) is 1. The van der Waals surface area contributed by atoms with E-state index < -0.39 is 11.8 Å². The molecule has 0 bridgehead atoms. The van der Waals surface area contributed by atoms with Crippen LogP contribution >= 0.6 is 12.4 Å². The average Bonchev–Trinajstić information content (AvgIpc) is 2.25. The lowest BCUT2D eigenvalue weighted by Gasteiger charge is -2.39. The third-order valence-electron chi connectivity index (χ3n) is 3.61. The Hall–Kier alpha value is -0.420. The highest BCUT2D eigenvalue weighted by Gasteiger charge is 2.49. The predicted octanol–water partition coefficient (Wildman–Crippen LogP) is 1.66. The van der Waals surface area contributed by atoms with Crippen LogP contribution in [-0.4, -0.2) is 42.9 Å². The molecule has 1 N–H and O–H groups in total. The summed E-state index contributed by atoms with van der Waals surface area (Å²) < 4.78 is 25.3. The highest BCUT2D eigenvalue weighted by Crippen LogP contribution is 2.43. The van der Waals surface area contributed by atoms with Gasteiger partial charge in [0.2, 0.25) is 11.8 Å². The van der Waals surface area contributed by atoms with E-state index in [1.54, 1.807) is 11.9 Å². The molecule has 1 heterocycles. The number of halogens is 3. The summed E-state index contributed by atoms with van der Waals surface area (Å²) in [5, 5.41) is 3.22. The normalized spacial score (nSPS) is 27.8. The fourth-order valence-electron chi connectivity index (χ4n) is 2.47. The first-order valence-electron chi connectivity index (χ1n) is 5.85. The molecule has 1 saturated heterocycles. The van der Waals surface area contributed by atoms with Crippen LogP contribution < -0.4 is 5.32 Å². The summed E-state index contributed by atoms with van der Waals surface area (Å²) in [6.07, 6.45) is 1.48. The number of rotatable bonds is 2. The minimum Gasteiger partial charge on any atom is -0.341 e. The number of carbonyl (C=O) groups is 1.